The van der Waals surface area contributed by atoms with Gasteiger partial charge in [0.2, 0.25) is 0 Å². The largest absolute Gasteiger partial charge is 0.478 e. The molecule has 0 radical (unpaired) electrons. The van der Waals surface area contributed by atoms with E-state index in [1.807, 2.05) is 0 Å². The summed E-state index contributed by atoms with van der Waals surface area (Å²) in [6.07, 6.45) is 15.9. The van der Waals surface area contributed by atoms with Crippen LogP contribution >= 0.6 is 0 Å². The van der Waals surface area contributed by atoms with Crippen LogP contribution in [-0.4, -0.2) is 11.1 Å². The summed E-state index contributed by atoms with van der Waals surface area (Å²) in [5.74, 6) is -0.781. The molecule has 0 bridgehead atoms. The first-order valence-corrected chi connectivity index (χ1v) is 8.13. The highest BCUT2D eigenvalue weighted by molar-refractivity contribution is 5.80. The molecule has 0 aromatic heterocycles. The maximum Gasteiger partial charge on any atom is 0.328 e. The number of rotatable bonds is 13. The van der Waals surface area contributed by atoms with E-state index >= 15 is 0 Å². The lowest BCUT2D eigenvalue weighted by Gasteiger charge is -2.07. The van der Waals surface area contributed by atoms with Gasteiger partial charge in [-0.3, -0.25) is 0 Å². The number of hydrogen-bond donors (Lipinski definition) is 1. The van der Waals surface area contributed by atoms with E-state index in [0.29, 0.717) is 0 Å². The van der Waals surface area contributed by atoms with Crippen molar-refractivity contribution in [2.45, 2.75) is 90.9 Å². The second-order valence-electron chi connectivity index (χ2n) is 5.47. The predicted molar refractivity (Wildman–Crippen MR) is 82.5 cm³/mol. The molecule has 2 nitrogen and oxygen atoms in total. The molecule has 0 rings (SSSR count). The Kier molecular flexibility index (Phi) is 13.1. The fourth-order valence-corrected chi connectivity index (χ4v) is 2.36. The zero-order valence-corrected chi connectivity index (χ0v) is 12.9. The summed E-state index contributed by atoms with van der Waals surface area (Å²) in [4.78, 5) is 10.8. The summed E-state index contributed by atoms with van der Waals surface area (Å²) >= 11 is 0. The molecule has 0 aliphatic carbocycles. The van der Waals surface area contributed by atoms with Crippen LogP contribution in [0.4, 0.5) is 0 Å². The molecule has 19 heavy (non-hydrogen) atoms. The van der Waals surface area contributed by atoms with Crippen molar-refractivity contribution in [2.75, 3.05) is 0 Å². The van der Waals surface area contributed by atoms with Gasteiger partial charge in [0, 0.05) is 6.08 Å². The van der Waals surface area contributed by atoms with Gasteiger partial charge < -0.3 is 5.11 Å². The third-order valence-electron chi connectivity index (χ3n) is 3.53. The Labute approximate surface area is 119 Å². The fourth-order valence-electron chi connectivity index (χ4n) is 2.36. The Morgan fingerprint density at radius 1 is 0.789 bits per heavy atom. The zero-order valence-electron chi connectivity index (χ0n) is 12.9. The van der Waals surface area contributed by atoms with Crippen molar-refractivity contribution >= 4 is 5.97 Å². The maximum absolute atomic E-state index is 10.8. The molecule has 0 aromatic carbocycles. The van der Waals surface area contributed by atoms with E-state index in [0.717, 1.165) is 31.3 Å². The van der Waals surface area contributed by atoms with Gasteiger partial charge in [-0.15, -0.1) is 0 Å². The summed E-state index contributed by atoms with van der Waals surface area (Å²) < 4.78 is 0. The van der Waals surface area contributed by atoms with Crippen LogP contribution in [0.2, 0.25) is 0 Å². The molecule has 0 aliphatic heterocycles. The van der Waals surface area contributed by atoms with Crippen LogP contribution in [0.3, 0.4) is 0 Å². The van der Waals surface area contributed by atoms with Gasteiger partial charge >= 0.3 is 5.97 Å². The van der Waals surface area contributed by atoms with Crippen molar-refractivity contribution in [1.82, 2.24) is 0 Å². The predicted octanol–water partition coefficient (Wildman–Crippen LogP) is 5.72. The molecule has 0 fully saturated rings. The molecule has 0 spiro atoms. The van der Waals surface area contributed by atoms with Gasteiger partial charge in [0.15, 0.2) is 0 Å². The number of carboxylic acid groups (broad SMARTS) is 1. The molecule has 0 saturated carbocycles. The van der Waals surface area contributed by atoms with Crippen LogP contribution in [0.1, 0.15) is 90.9 Å². The SMILES string of the molecule is CCCCCCCC/C(=C/C(=O)O)CCCCCC. The monoisotopic (exact) mass is 268 g/mol. The number of hydrogen-bond acceptors (Lipinski definition) is 1. The Morgan fingerprint density at radius 3 is 1.68 bits per heavy atom. The summed E-state index contributed by atoms with van der Waals surface area (Å²) in [6, 6.07) is 0. The van der Waals surface area contributed by atoms with E-state index in [2.05, 4.69) is 13.8 Å². The average molecular weight is 268 g/mol. The fraction of sp³-hybridized carbons (Fsp3) is 0.824. The molecule has 112 valence electrons. The van der Waals surface area contributed by atoms with Gasteiger partial charge in [0.1, 0.15) is 0 Å². The van der Waals surface area contributed by atoms with Crippen molar-refractivity contribution in [3.05, 3.63) is 11.6 Å². The highest BCUT2D eigenvalue weighted by Gasteiger charge is 2.01. The lowest BCUT2D eigenvalue weighted by atomic mass is 9.99. The molecule has 0 saturated heterocycles. The van der Waals surface area contributed by atoms with E-state index in [4.69, 9.17) is 5.11 Å². The second kappa shape index (κ2) is 13.6. The number of unbranched alkanes of at least 4 members (excludes halogenated alkanes) is 8. The van der Waals surface area contributed by atoms with Gasteiger partial charge in [0.25, 0.3) is 0 Å². The molecule has 0 atom stereocenters. The summed E-state index contributed by atoms with van der Waals surface area (Å²) in [5.41, 5.74) is 1.14. The molecule has 1 N–H and O–H groups in total. The van der Waals surface area contributed by atoms with Crippen molar-refractivity contribution in [3.63, 3.8) is 0 Å². The molecule has 0 unspecified atom stereocenters. The first kappa shape index (κ1) is 18.2. The standard InChI is InChI=1S/C17H32O2/c1-3-5-7-9-10-12-14-16(15-17(18)19)13-11-8-6-4-2/h15H,3-14H2,1-2H3,(H,18,19)/b16-15+. The smallest absolute Gasteiger partial charge is 0.328 e. The highest BCUT2D eigenvalue weighted by Crippen LogP contribution is 2.17. The van der Waals surface area contributed by atoms with Crippen LogP contribution in [0.25, 0.3) is 0 Å². The van der Waals surface area contributed by atoms with Crippen molar-refractivity contribution < 1.29 is 9.90 Å². The number of aliphatic carboxylic acids is 1. The zero-order chi connectivity index (χ0) is 14.3. The summed E-state index contributed by atoms with van der Waals surface area (Å²) in [6.45, 7) is 4.42. The number of carboxylic acids is 1. The molecule has 0 aliphatic rings. The van der Waals surface area contributed by atoms with Crippen LogP contribution in [0.15, 0.2) is 11.6 Å². The quantitative estimate of drug-likeness (QED) is 0.343. The van der Waals surface area contributed by atoms with E-state index < -0.39 is 5.97 Å². The topological polar surface area (TPSA) is 37.3 Å². The first-order valence-electron chi connectivity index (χ1n) is 8.13. The van der Waals surface area contributed by atoms with Gasteiger partial charge in [-0.2, -0.15) is 0 Å². The molecule has 0 heterocycles. The Morgan fingerprint density at radius 2 is 1.21 bits per heavy atom. The molecule has 2 heteroatoms. The first-order chi connectivity index (χ1) is 9.20. The van der Waals surface area contributed by atoms with Crippen molar-refractivity contribution in [2.24, 2.45) is 0 Å². The van der Waals surface area contributed by atoms with E-state index in [9.17, 15) is 4.79 Å². The molecule has 0 amide bonds. The number of carbonyl (C=O) groups is 1. The molecular formula is C17H32O2. The van der Waals surface area contributed by atoms with E-state index in [1.54, 1.807) is 0 Å². The molecule has 0 aromatic rings. The van der Waals surface area contributed by atoms with E-state index in [-0.39, 0.29) is 0 Å². The minimum absolute atomic E-state index is 0.781. The Hall–Kier alpha value is -0.790. The minimum Gasteiger partial charge on any atom is -0.478 e. The van der Waals surface area contributed by atoms with Crippen molar-refractivity contribution in [1.29, 1.82) is 0 Å². The lowest BCUT2D eigenvalue weighted by Crippen LogP contribution is -1.94. The van der Waals surface area contributed by atoms with Gasteiger partial charge in [-0.25, -0.2) is 4.79 Å². The lowest BCUT2D eigenvalue weighted by molar-refractivity contribution is -0.131. The second-order valence-corrected chi connectivity index (χ2v) is 5.47. The molecular weight excluding hydrogens is 236 g/mol. The third-order valence-corrected chi connectivity index (χ3v) is 3.53. The van der Waals surface area contributed by atoms with E-state index in [1.165, 1.54) is 57.4 Å². The number of allylic oxidation sites excluding steroid dienone is 1. The Balaban J connectivity index is 3.78. The minimum atomic E-state index is -0.781. The van der Waals surface area contributed by atoms with Crippen molar-refractivity contribution in [3.8, 4) is 0 Å². The highest BCUT2D eigenvalue weighted by atomic mass is 16.4. The van der Waals surface area contributed by atoms with Gasteiger partial charge in [-0.05, 0) is 25.7 Å². The average Bonchev–Trinajstić information content (AvgIpc) is 2.37. The summed E-state index contributed by atoms with van der Waals surface area (Å²) in [5, 5.41) is 8.88. The normalized spacial score (nSPS) is 11.8. The van der Waals surface area contributed by atoms with Crippen LogP contribution in [0.5, 0.6) is 0 Å². The van der Waals surface area contributed by atoms with Crippen LogP contribution < -0.4 is 0 Å². The van der Waals surface area contributed by atoms with Gasteiger partial charge in [-0.1, -0.05) is 70.8 Å². The summed E-state index contributed by atoms with van der Waals surface area (Å²) in [7, 11) is 0. The third kappa shape index (κ3) is 13.4. The Bertz CT molecular complexity index is 244. The maximum atomic E-state index is 10.8. The van der Waals surface area contributed by atoms with Gasteiger partial charge in [0.05, 0.1) is 0 Å². The van der Waals surface area contributed by atoms with Crippen LogP contribution in [-0.2, 0) is 4.79 Å². The van der Waals surface area contributed by atoms with Crippen LogP contribution in [0, 0.1) is 0 Å².